The first-order valence-electron chi connectivity index (χ1n) is 4.35. The summed E-state index contributed by atoms with van der Waals surface area (Å²) in [4.78, 5) is 11.4. The number of nitrogens with zero attached hydrogens (tertiary/aromatic N) is 2. The van der Waals surface area contributed by atoms with Crippen molar-refractivity contribution in [2.45, 2.75) is 6.42 Å². The summed E-state index contributed by atoms with van der Waals surface area (Å²) in [5.74, 6) is 1.69. The number of hydrogen-bond donors (Lipinski definition) is 1. The van der Waals surface area contributed by atoms with Crippen molar-refractivity contribution >= 4 is 0 Å². The van der Waals surface area contributed by atoms with Gasteiger partial charge in [-0.1, -0.05) is 0 Å². The van der Waals surface area contributed by atoms with Crippen LogP contribution in [-0.4, -0.2) is 22.1 Å². The van der Waals surface area contributed by atoms with Crippen molar-refractivity contribution in [3.63, 3.8) is 0 Å². The lowest BCUT2D eigenvalue weighted by Gasteiger charge is -2.00. The van der Waals surface area contributed by atoms with Gasteiger partial charge in [-0.2, -0.15) is 0 Å². The van der Waals surface area contributed by atoms with Crippen LogP contribution in [0.4, 0.5) is 0 Å². The zero-order chi connectivity index (χ0) is 9.80. The van der Waals surface area contributed by atoms with E-state index in [2.05, 4.69) is 15.0 Å². The molecule has 0 aromatic carbocycles. The highest BCUT2D eigenvalue weighted by atomic mass is 16.5. The van der Waals surface area contributed by atoms with E-state index in [-0.39, 0.29) is 0 Å². The minimum atomic E-state index is 0.719. The molecule has 4 nitrogen and oxygen atoms in total. The van der Waals surface area contributed by atoms with Crippen LogP contribution in [0.2, 0.25) is 0 Å². The van der Waals surface area contributed by atoms with Crippen LogP contribution in [-0.2, 0) is 6.42 Å². The number of aromatic nitrogens is 3. The average molecular weight is 189 g/mol. The maximum Gasteiger partial charge on any atom is 0.137 e. The molecule has 0 fully saturated rings. The van der Waals surface area contributed by atoms with Gasteiger partial charge in [-0.3, -0.25) is 4.98 Å². The van der Waals surface area contributed by atoms with E-state index in [1.54, 1.807) is 25.7 Å². The third-order valence-corrected chi connectivity index (χ3v) is 1.94. The van der Waals surface area contributed by atoms with Gasteiger partial charge in [0, 0.05) is 24.5 Å². The first-order chi connectivity index (χ1) is 6.88. The van der Waals surface area contributed by atoms with Crippen LogP contribution in [0.25, 0.3) is 0 Å². The molecule has 0 aliphatic rings. The summed E-state index contributed by atoms with van der Waals surface area (Å²) in [5, 5.41) is 0. The fourth-order valence-corrected chi connectivity index (χ4v) is 1.20. The lowest BCUT2D eigenvalue weighted by Crippen LogP contribution is -1.94. The lowest BCUT2D eigenvalue weighted by atomic mass is 10.2. The Morgan fingerprint density at radius 1 is 1.36 bits per heavy atom. The Balaban J connectivity index is 2.10. The van der Waals surface area contributed by atoms with Crippen molar-refractivity contribution in [1.29, 1.82) is 0 Å². The van der Waals surface area contributed by atoms with Crippen molar-refractivity contribution in [2.75, 3.05) is 7.11 Å². The van der Waals surface area contributed by atoms with E-state index in [9.17, 15) is 0 Å². The summed E-state index contributed by atoms with van der Waals surface area (Å²) in [6, 6.07) is 3.83. The van der Waals surface area contributed by atoms with Gasteiger partial charge in [0.25, 0.3) is 0 Å². The fourth-order valence-electron chi connectivity index (χ4n) is 1.20. The summed E-state index contributed by atoms with van der Waals surface area (Å²) in [7, 11) is 1.63. The van der Waals surface area contributed by atoms with Gasteiger partial charge in [0.1, 0.15) is 11.6 Å². The lowest BCUT2D eigenvalue weighted by molar-refractivity contribution is 0.412. The van der Waals surface area contributed by atoms with Gasteiger partial charge in [-0.05, 0) is 12.1 Å². The quantitative estimate of drug-likeness (QED) is 0.794. The number of H-pyrrole nitrogens is 1. The Kier molecular flexibility index (Phi) is 2.44. The number of aromatic amines is 1. The van der Waals surface area contributed by atoms with E-state index < -0.39 is 0 Å². The van der Waals surface area contributed by atoms with E-state index in [1.165, 1.54) is 0 Å². The van der Waals surface area contributed by atoms with Crippen molar-refractivity contribution < 1.29 is 4.74 Å². The highest BCUT2D eigenvalue weighted by Crippen LogP contribution is 2.09. The molecule has 0 aliphatic carbocycles. The zero-order valence-electron chi connectivity index (χ0n) is 7.90. The molecule has 2 aromatic rings. The van der Waals surface area contributed by atoms with Crippen LogP contribution in [0.3, 0.4) is 0 Å². The highest BCUT2D eigenvalue weighted by Gasteiger charge is 1.99. The van der Waals surface area contributed by atoms with Gasteiger partial charge in [-0.25, -0.2) is 4.98 Å². The SMILES string of the molecule is COc1ccc(Cc2ncc[nH]2)nc1. The third-order valence-electron chi connectivity index (χ3n) is 1.94. The summed E-state index contributed by atoms with van der Waals surface area (Å²) >= 11 is 0. The van der Waals surface area contributed by atoms with E-state index in [0.29, 0.717) is 0 Å². The van der Waals surface area contributed by atoms with Crippen LogP contribution in [0.5, 0.6) is 5.75 Å². The first-order valence-corrected chi connectivity index (χ1v) is 4.35. The highest BCUT2D eigenvalue weighted by molar-refractivity contribution is 5.21. The number of pyridine rings is 1. The van der Waals surface area contributed by atoms with Crippen LogP contribution >= 0.6 is 0 Å². The van der Waals surface area contributed by atoms with E-state index in [4.69, 9.17) is 4.74 Å². The molecule has 0 spiro atoms. The Hall–Kier alpha value is -1.84. The molecule has 0 aliphatic heterocycles. The normalized spacial score (nSPS) is 10.1. The number of ether oxygens (including phenoxy) is 1. The molecule has 1 N–H and O–H groups in total. The molecule has 0 amide bonds. The smallest absolute Gasteiger partial charge is 0.137 e. The van der Waals surface area contributed by atoms with Crippen LogP contribution in [0.15, 0.2) is 30.7 Å². The number of imidazole rings is 1. The van der Waals surface area contributed by atoms with Crippen LogP contribution in [0, 0.1) is 0 Å². The molecular formula is C10H11N3O. The van der Waals surface area contributed by atoms with Gasteiger partial charge < -0.3 is 9.72 Å². The number of hydrogen-bond acceptors (Lipinski definition) is 3. The van der Waals surface area contributed by atoms with Crippen molar-refractivity contribution in [3.05, 3.63) is 42.2 Å². The minimum Gasteiger partial charge on any atom is -0.495 e. The van der Waals surface area contributed by atoms with Crippen LogP contribution in [0.1, 0.15) is 11.5 Å². The molecule has 14 heavy (non-hydrogen) atoms. The molecule has 4 heteroatoms. The first kappa shape index (κ1) is 8.74. The summed E-state index contributed by atoms with van der Waals surface area (Å²) in [6.07, 6.45) is 5.97. The van der Waals surface area contributed by atoms with E-state index >= 15 is 0 Å². The molecule has 0 bridgehead atoms. The largest absolute Gasteiger partial charge is 0.495 e. The second-order valence-corrected chi connectivity index (χ2v) is 2.90. The molecule has 0 saturated carbocycles. The van der Waals surface area contributed by atoms with Gasteiger partial charge >= 0.3 is 0 Å². The Bertz CT molecular complexity index is 380. The Morgan fingerprint density at radius 2 is 2.29 bits per heavy atom. The molecule has 0 radical (unpaired) electrons. The molecule has 2 rings (SSSR count). The number of nitrogens with one attached hydrogen (secondary N) is 1. The Morgan fingerprint density at radius 3 is 2.86 bits per heavy atom. The van der Waals surface area contributed by atoms with E-state index in [1.807, 2.05) is 12.1 Å². The minimum absolute atomic E-state index is 0.719. The predicted molar refractivity (Wildman–Crippen MR) is 52.2 cm³/mol. The second kappa shape index (κ2) is 3.91. The second-order valence-electron chi connectivity index (χ2n) is 2.90. The van der Waals surface area contributed by atoms with Gasteiger partial charge in [0.2, 0.25) is 0 Å². The summed E-state index contributed by atoms with van der Waals surface area (Å²) in [6.45, 7) is 0. The van der Waals surface area contributed by atoms with Crippen molar-refractivity contribution in [3.8, 4) is 5.75 Å². The van der Waals surface area contributed by atoms with Gasteiger partial charge in [0.05, 0.1) is 13.3 Å². The van der Waals surface area contributed by atoms with Crippen LogP contribution < -0.4 is 4.74 Å². The molecule has 2 heterocycles. The molecule has 0 saturated heterocycles. The molecular weight excluding hydrogens is 178 g/mol. The monoisotopic (exact) mass is 189 g/mol. The Labute approximate surface area is 82.0 Å². The number of methoxy groups -OCH3 is 1. The van der Waals surface area contributed by atoms with Crippen molar-refractivity contribution in [1.82, 2.24) is 15.0 Å². The maximum atomic E-state index is 5.02. The molecule has 2 aromatic heterocycles. The third kappa shape index (κ3) is 1.90. The van der Waals surface area contributed by atoms with Gasteiger partial charge in [-0.15, -0.1) is 0 Å². The maximum absolute atomic E-state index is 5.02. The topological polar surface area (TPSA) is 50.8 Å². The molecule has 0 unspecified atom stereocenters. The molecule has 0 atom stereocenters. The predicted octanol–water partition coefficient (Wildman–Crippen LogP) is 1.40. The number of rotatable bonds is 3. The zero-order valence-corrected chi connectivity index (χ0v) is 7.90. The summed E-state index contributed by atoms with van der Waals surface area (Å²) < 4.78 is 5.02. The average Bonchev–Trinajstić information content (AvgIpc) is 2.72. The standard InChI is InChI=1S/C10H11N3O/c1-14-9-3-2-8(13-7-9)6-10-11-4-5-12-10/h2-5,7H,6H2,1H3,(H,11,12). The molecule has 72 valence electrons. The van der Waals surface area contributed by atoms with Gasteiger partial charge in [0.15, 0.2) is 0 Å². The van der Waals surface area contributed by atoms with Crippen molar-refractivity contribution in [2.24, 2.45) is 0 Å². The van der Waals surface area contributed by atoms with E-state index in [0.717, 1.165) is 23.7 Å². The fraction of sp³-hybridized carbons (Fsp3) is 0.200. The summed E-state index contributed by atoms with van der Waals surface area (Å²) in [5.41, 5.74) is 0.973.